The van der Waals surface area contributed by atoms with Crippen LogP contribution in [0.1, 0.15) is 0 Å². The van der Waals surface area contributed by atoms with Crippen molar-refractivity contribution in [2.75, 3.05) is 57.4 Å². The molecular weight excluding hydrogens is 297 g/mol. The van der Waals surface area contributed by atoms with Gasteiger partial charge in [-0.1, -0.05) is 18.2 Å². The van der Waals surface area contributed by atoms with Gasteiger partial charge in [0.05, 0.1) is 13.2 Å². The molecule has 0 radical (unpaired) electrons. The number of rotatable bonds is 6. The minimum Gasteiger partial charge on any atom is -0.379 e. The van der Waals surface area contributed by atoms with E-state index in [0.717, 1.165) is 39.3 Å². The fourth-order valence-electron chi connectivity index (χ4n) is 2.25. The molecule has 1 heterocycles. The fraction of sp³-hybridized carbons (Fsp3) is 0.571. The van der Waals surface area contributed by atoms with E-state index in [9.17, 15) is 0 Å². The third-order valence-electron chi connectivity index (χ3n) is 3.31. The van der Waals surface area contributed by atoms with Crippen LogP contribution in [0.5, 0.6) is 0 Å². The molecule has 0 amide bonds. The molecule has 1 saturated heterocycles. The van der Waals surface area contributed by atoms with Crippen LogP contribution in [-0.4, -0.2) is 57.4 Å². The molecule has 0 unspecified atom stereocenters. The van der Waals surface area contributed by atoms with Gasteiger partial charge in [-0.05, 0) is 12.1 Å². The molecule has 0 aliphatic carbocycles. The molecule has 0 bridgehead atoms. The van der Waals surface area contributed by atoms with Crippen molar-refractivity contribution in [2.24, 2.45) is 5.73 Å². The van der Waals surface area contributed by atoms with E-state index in [1.807, 2.05) is 0 Å². The predicted molar refractivity (Wildman–Crippen MR) is 89.5 cm³/mol. The Bertz CT molecular complexity index is 332. The first-order chi connectivity index (χ1) is 8.90. The van der Waals surface area contributed by atoms with Crippen LogP contribution < -0.4 is 10.6 Å². The van der Waals surface area contributed by atoms with E-state index in [1.54, 1.807) is 0 Å². The van der Waals surface area contributed by atoms with E-state index in [-0.39, 0.29) is 24.8 Å². The molecule has 0 aromatic heterocycles. The maximum absolute atomic E-state index is 5.42. The molecule has 116 valence electrons. The van der Waals surface area contributed by atoms with Crippen molar-refractivity contribution < 1.29 is 4.74 Å². The lowest BCUT2D eigenvalue weighted by molar-refractivity contribution is 0.107. The Morgan fingerprint density at radius 2 is 1.60 bits per heavy atom. The van der Waals surface area contributed by atoms with Crippen LogP contribution in [0.3, 0.4) is 0 Å². The molecule has 20 heavy (non-hydrogen) atoms. The summed E-state index contributed by atoms with van der Waals surface area (Å²) in [6.07, 6.45) is 0. The van der Waals surface area contributed by atoms with E-state index < -0.39 is 0 Å². The number of nitrogens with two attached hydrogens (primary N) is 1. The summed E-state index contributed by atoms with van der Waals surface area (Å²) in [6.45, 7) is 7.51. The average molecular weight is 322 g/mol. The molecule has 1 fully saturated rings. The largest absolute Gasteiger partial charge is 0.379 e. The van der Waals surface area contributed by atoms with Crippen LogP contribution >= 0.6 is 24.8 Å². The lowest BCUT2D eigenvalue weighted by Crippen LogP contribution is -2.47. The second kappa shape index (κ2) is 11.2. The number of nitrogens with zero attached hydrogens (tertiary/aromatic N) is 2. The van der Waals surface area contributed by atoms with Crippen LogP contribution in [0.25, 0.3) is 0 Å². The second-order valence-corrected chi connectivity index (χ2v) is 4.57. The van der Waals surface area contributed by atoms with Gasteiger partial charge < -0.3 is 15.4 Å². The Labute approximate surface area is 134 Å². The van der Waals surface area contributed by atoms with Crippen molar-refractivity contribution in [3.8, 4) is 0 Å². The minimum atomic E-state index is 0. The van der Waals surface area contributed by atoms with Gasteiger partial charge >= 0.3 is 0 Å². The van der Waals surface area contributed by atoms with Crippen LogP contribution in [0.4, 0.5) is 5.69 Å². The Kier molecular flexibility index (Phi) is 10.9. The molecule has 1 aliphatic rings. The monoisotopic (exact) mass is 321 g/mol. The summed E-state index contributed by atoms with van der Waals surface area (Å²) in [7, 11) is 0. The molecule has 1 aliphatic heterocycles. The van der Waals surface area contributed by atoms with Gasteiger partial charge in [-0.2, -0.15) is 0 Å². The zero-order valence-corrected chi connectivity index (χ0v) is 13.4. The molecule has 2 N–H and O–H groups in total. The van der Waals surface area contributed by atoms with Gasteiger partial charge in [0.25, 0.3) is 0 Å². The van der Waals surface area contributed by atoms with Crippen molar-refractivity contribution in [2.45, 2.75) is 0 Å². The molecule has 1 aromatic rings. The van der Waals surface area contributed by atoms with Crippen LogP contribution in [0, 0.1) is 0 Å². The van der Waals surface area contributed by atoms with E-state index in [4.69, 9.17) is 10.5 Å². The van der Waals surface area contributed by atoms with E-state index in [0.29, 0.717) is 13.2 Å². The minimum absolute atomic E-state index is 0. The summed E-state index contributed by atoms with van der Waals surface area (Å²) in [4.78, 5) is 4.90. The smallest absolute Gasteiger partial charge is 0.0594 e. The van der Waals surface area contributed by atoms with Crippen LogP contribution in [-0.2, 0) is 4.74 Å². The summed E-state index contributed by atoms with van der Waals surface area (Å²) < 4.78 is 5.42. The number of para-hydroxylation sites is 1. The average Bonchev–Trinajstić information content (AvgIpc) is 2.45. The standard InChI is InChI=1S/C14H23N3O.2ClH/c15-6-12-18-13-11-16-7-9-17(10-8-16)14-4-2-1-3-5-14;;/h1-5H,6-13,15H2;2*1H. The summed E-state index contributed by atoms with van der Waals surface area (Å²) >= 11 is 0. The maximum Gasteiger partial charge on any atom is 0.0594 e. The van der Waals surface area contributed by atoms with Gasteiger partial charge in [-0.15, -0.1) is 24.8 Å². The zero-order chi connectivity index (χ0) is 12.6. The Balaban J connectivity index is 0.00000180. The van der Waals surface area contributed by atoms with Gasteiger partial charge in [-0.25, -0.2) is 0 Å². The summed E-state index contributed by atoms with van der Waals surface area (Å²) in [5, 5.41) is 0. The molecule has 0 saturated carbocycles. The highest BCUT2D eigenvalue weighted by atomic mass is 35.5. The first kappa shape index (κ1) is 19.5. The molecule has 4 nitrogen and oxygen atoms in total. The normalized spacial score (nSPS) is 15.3. The highest BCUT2D eigenvalue weighted by Gasteiger charge is 2.16. The van der Waals surface area contributed by atoms with Crippen molar-refractivity contribution in [1.29, 1.82) is 0 Å². The maximum atomic E-state index is 5.42. The van der Waals surface area contributed by atoms with Crippen molar-refractivity contribution in [3.05, 3.63) is 30.3 Å². The first-order valence-electron chi connectivity index (χ1n) is 6.70. The van der Waals surface area contributed by atoms with Gasteiger partial charge in [0.1, 0.15) is 0 Å². The Morgan fingerprint density at radius 1 is 0.950 bits per heavy atom. The molecule has 1 aromatic carbocycles. The van der Waals surface area contributed by atoms with Gasteiger partial charge in [0, 0.05) is 45.0 Å². The SMILES string of the molecule is Cl.Cl.NCCOCCN1CCN(c2ccccc2)CC1. The van der Waals surface area contributed by atoms with Gasteiger partial charge in [0.2, 0.25) is 0 Å². The molecule has 0 atom stereocenters. The van der Waals surface area contributed by atoms with Gasteiger partial charge in [-0.3, -0.25) is 4.90 Å². The number of piperazine rings is 1. The van der Waals surface area contributed by atoms with Crippen molar-refractivity contribution in [1.82, 2.24) is 4.90 Å². The highest BCUT2D eigenvalue weighted by molar-refractivity contribution is 5.85. The number of hydrogen-bond acceptors (Lipinski definition) is 4. The van der Waals surface area contributed by atoms with Gasteiger partial charge in [0.15, 0.2) is 0 Å². The fourth-order valence-corrected chi connectivity index (χ4v) is 2.25. The Morgan fingerprint density at radius 3 is 2.20 bits per heavy atom. The van der Waals surface area contributed by atoms with E-state index in [2.05, 4.69) is 40.1 Å². The quantitative estimate of drug-likeness (QED) is 0.809. The Hall–Kier alpha value is -0.520. The number of hydrogen-bond donors (Lipinski definition) is 1. The van der Waals surface area contributed by atoms with Crippen molar-refractivity contribution in [3.63, 3.8) is 0 Å². The first-order valence-corrected chi connectivity index (χ1v) is 6.70. The lowest BCUT2D eigenvalue weighted by atomic mass is 10.2. The van der Waals surface area contributed by atoms with Crippen molar-refractivity contribution >= 4 is 30.5 Å². The topological polar surface area (TPSA) is 41.7 Å². The number of benzene rings is 1. The summed E-state index contributed by atoms with van der Waals surface area (Å²) in [6, 6.07) is 10.6. The van der Waals surface area contributed by atoms with E-state index in [1.165, 1.54) is 5.69 Å². The molecule has 2 rings (SSSR count). The third-order valence-corrected chi connectivity index (χ3v) is 3.31. The van der Waals surface area contributed by atoms with Crippen LogP contribution in [0.2, 0.25) is 0 Å². The highest BCUT2D eigenvalue weighted by Crippen LogP contribution is 2.15. The molecule has 0 spiro atoms. The third kappa shape index (κ3) is 6.29. The van der Waals surface area contributed by atoms with E-state index >= 15 is 0 Å². The number of anilines is 1. The van der Waals surface area contributed by atoms with Crippen LogP contribution in [0.15, 0.2) is 30.3 Å². The zero-order valence-electron chi connectivity index (χ0n) is 11.7. The molecule has 6 heteroatoms. The second-order valence-electron chi connectivity index (χ2n) is 4.57. The lowest BCUT2D eigenvalue weighted by Gasteiger charge is -2.36. The predicted octanol–water partition coefficient (Wildman–Crippen LogP) is 1.63. The summed E-state index contributed by atoms with van der Waals surface area (Å²) in [5.41, 5.74) is 6.72. The summed E-state index contributed by atoms with van der Waals surface area (Å²) in [5.74, 6) is 0. The number of ether oxygens (including phenoxy) is 1. The number of halogens is 2. The molecular formula is C14H25Cl2N3O.